The molecule has 1 rings (SSSR count). The van der Waals surface area contributed by atoms with E-state index in [1.165, 1.54) is 0 Å². The predicted octanol–water partition coefficient (Wildman–Crippen LogP) is 0.966. The highest BCUT2D eigenvalue weighted by atomic mass is 16.6. The lowest BCUT2D eigenvalue weighted by molar-refractivity contribution is -0.000833. The molecule has 1 saturated heterocycles. The van der Waals surface area contributed by atoms with Crippen LogP contribution in [0, 0.1) is 0 Å². The molecule has 1 heterocycles. The third-order valence-corrected chi connectivity index (χ3v) is 2.83. The van der Waals surface area contributed by atoms with E-state index in [4.69, 9.17) is 4.74 Å². The highest BCUT2D eigenvalue weighted by molar-refractivity contribution is 5.68. The van der Waals surface area contributed by atoms with Gasteiger partial charge in [-0.2, -0.15) is 0 Å². The summed E-state index contributed by atoms with van der Waals surface area (Å²) < 4.78 is 5.35. The highest BCUT2D eigenvalue weighted by Gasteiger charge is 2.32. The van der Waals surface area contributed by atoms with Crippen molar-refractivity contribution >= 4 is 6.09 Å². The van der Waals surface area contributed by atoms with Crippen LogP contribution >= 0.6 is 0 Å². The van der Waals surface area contributed by atoms with Crippen molar-refractivity contribution in [2.75, 3.05) is 19.7 Å². The van der Waals surface area contributed by atoms with Crippen molar-refractivity contribution < 1.29 is 14.6 Å². The number of hydrogen-bond donors (Lipinski definition) is 2. The first-order valence-corrected chi connectivity index (χ1v) is 6.21. The van der Waals surface area contributed by atoms with Crippen LogP contribution in [0.15, 0.2) is 0 Å². The van der Waals surface area contributed by atoms with E-state index in [0.717, 1.165) is 6.42 Å². The Morgan fingerprint density at radius 2 is 2.18 bits per heavy atom. The van der Waals surface area contributed by atoms with E-state index < -0.39 is 5.60 Å². The van der Waals surface area contributed by atoms with Crippen molar-refractivity contribution in [3.05, 3.63) is 0 Å². The first-order chi connectivity index (χ1) is 7.87. The third kappa shape index (κ3) is 4.16. The van der Waals surface area contributed by atoms with Crippen LogP contribution in [0.1, 0.15) is 34.1 Å². The number of piperazine rings is 1. The van der Waals surface area contributed by atoms with E-state index in [-0.39, 0.29) is 24.8 Å². The Hall–Kier alpha value is -0.810. The Bertz CT molecular complexity index is 263. The predicted molar refractivity (Wildman–Crippen MR) is 65.9 cm³/mol. The number of ether oxygens (including phenoxy) is 1. The fraction of sp³-hybridized carbons (Fsp3) is 0.917. The summed E-state index contributed by atoms with van der Waals surface area (Å²) in [6.07, 6.45) is 0.619. The molecular weight excluding hydrogens is 220 g/mol. The van der Waals surface area contributed by atoms with Crippen LogP contribution in [0.2, 0.25) is 0 Å². The lowest BCUT2D eigenvalue weighted by Gasteiger charge is -2.39. The number of carbonyl (C=O) groups excluding carboxylic acids is 1. The van der Waals surface area contributed by atoms with Gasteiger partial charge in [-0.1, -0.05) is 6.92 Å². The Labute approximate surface area is 103 Å². The molecule has 0 aromatic carbocycles. The molecule has 0 aromatic heterocycles. The third-order valence-electron chi connectivity index (χ3n) is 2.83. The number of nitrogens with zero attached hydrogens (tertiary/aromatic N) is 1. The molecule has 1 amide bonds. The number of nitrogens with one attached hydrogen (secondary N) is 1. The zero-order valence-electron chi connectivity index (χ0n) is 11.2. The van der Waals surface area contributed by atoms with Crippen molar-refractivity contribution in [2.45, 2.75) is 51.8 Å². The lowest BCUT2D eigenvalue weighted by Crippen LogP contribution is -2.60. The molecule has 0 aliphatic carbocycles. The maximum Gasteiger partial charge on any atom is 0.410 e. The standard InChI is InChI=1S/C12H24N2O3/c1-5-9-7-14(10(8-15)6-13-9)11(16)17-12(2,3)4/h9-10,13,15H,5-8H2,1-4H3/t9-,10?/m1/s1. The fourth-order valence-electron chi connectivity index (χ4n) is 1.84. The molecule has 2 N–H and O–H groups in total. The molecule has 0 spiro atoms. The van der Waals surface area contributed by atoms with Crippen molar-refractivity contribution in [1.29, 1.82) is 0 Å². The number of hydrogen-bond acceptors (Lipinski definition) is 4. The molecule has 1 aliphatic rings. The van der Waals surface area contributed by atoms with Gasteiger partial charge in [0.1, 0.15) is 5.60 Å². The van der Waals surface area contributed by atoms with Crippen LogP contribution in [0.5, 0.6) is 0 Å². The summed E-state index contributed by atoms with van der Waals surface area (Å²) in [6, 6.07) is 0.0953. The number of rotatable bonds is 2. The average Bonchev–Trinajstić information content (AvgIpc) is 2.25. The molecular formula is C12H24N2O3. The summed E-state index contributed by atoms with van der Waals surface area (Å²) in [6.45, 7) is 8.78. The van der Waals surface area contributed by atoms with E-state index in [1.807, 2.05) is 20.8 Å². The second-order valence-corrected chi connectivity index (χ2v) is 5.48. The van der Waals surface area contributed by atoms with Crippen molar-refractivity contribution in [2.24, 2.45) is 0 Å². The quantitative estimate of drug-likeness (QED) is 0.759. The zero-order valence-corrected chi connectivity index (χ0v) is 11.2. The van der Waals surface area contributed by atoms with Gasteiger partial charge in [0.25, 0.3) is 0 Å². The number of aliphatic hydroxyl groups excluding tert-OH is 1. The normalized spacial score (nSPS) is 25.8. The minimum absolute atomic E-state index is 0.0390. The maximum atomic E-state index is 12.0. The first-order valence-electron chi connectivity index (χ1n) is 6.21. The van der Waals surface area contributed by atoms with Gasteiger partial charge in [-0.05, 0) is 27.2 Å². The van der Waals surface area contributed by atoms with Gasteiger partial charge in [0.2, 0.25) is 0 Å². The Morgan fingerprint density at radius 1 is 1.53 bits per heavy atom. The topological polar surface area (TPSA) is 61.8 Å². The van der Waals surface area contributed by atoms with Crippen LogP contribution in [-0.2, 0) is 4.74 Å². The van der Waals surface area contributed by atoms with E-state index >= 15 is 0 Å². The average molecular weight is 244 g/mol. The number of amides is 1. The van der Waals surface area contributed by atoms with Gasteiger partial charge < -0.3 is 20.1 Å². The summed E-state index contributed by atoms with van der Waals surface area (Å²) in [5.74, 6) is 0. The van der Waals surface area contributed by atoms with E-state index in [9.17, 15) is 9.90 Å². The van der Waals surface area contributed by atoms with Gasteiger partial charge in [-0.15, -0.1) is 0 Å². The summed E-state index contributed by atoms with van der Waals surface area (Å²) >= 11 is 0. The molecule has 0 saturated carbocycles. The van der Waals surface area contributed by atoms with E-state index in [1.54, 1.807) is 4.90 Å². The molecule has 1 unspecified atom stereocenters. The molecule has 17 heavy (non-hydrogen) atoms. The molecule has 5 heteroatoms. The first kappa shape index (κ1) is 14.3. The van der Waals surface area contributed by atoms with Gasteiger partial charge in [0, 0.05) is 19.1 Å². The van der Waals surface area contributed by atoms with Crippen LogP contribution in [0.4, 0.5) is 4.79 Å². The Balaban J connectivity index is 2.66. The molecule has 1 aliphatic heterocycles. The van der Waals surface area contributed by atoms with Gasteiger partial charge in [-0.3, -0.25) is 0 Å². The molecule has 2 atom stereocenters. The van der Waals surface area contributed by atoms with Crippen LogP contribution in [0.3, 0.4) is 0 Å². The summed E-state index contributed by atoms with van der Waals surface area (Å²) in [5.41, 5.74) is -0.496. The number of carbonyl (C=O) groups is 1. The van der Waals surface area contributed by atoms with Crippen molar-refractivity contribution in [3.63, 3.8) is 0 Å². The largest absolute Gasteiger partial charge is 0.444 e. The van der Waals surface area contributed by atoms with E-state index in [0.29, 0.717) is 13.1 Å². The molecule has 100 valence electrons. The SMILES string of the molecule is CC[C@@H]1CN(C(=O)OC(C)(C)C)C(CO)CN1. The zero-order chi connectivity index (χ0) is 13.1. The monoisotopic (exact) mass is 244 g/mol. The molecule has 0 bridgehead atoms. The maximum absolute atomic E-state index is 12.0. The smallest absolute Gasteiger partial charge is 0.410 e. The summed E-state index contributed by atoms with van der Waals surface area (Å²) in [4.78, 5) is 13.6. The molecule has 1 fully saturated rings. The van der Waals surface area contributed by atoms with Gasteiger partial charge in [0.15, 0.2) is 0 Å². The molecule has 0 radical (unpaired) electrons. The fourth-order valence-corrected chi connectivity index (χ4v) is 1.84. The van der Waals surface area contributed by atoms with Crippen LogP contribution in [0.25, 0.3) is 0 Å². The second-order valence-electron chi connectivity index (χ2n) is 5.48. The minimum atomic E-state index is -0.496. The summed E-state index contributed by atoms with van der Waals surface area (Å²) in [5, 5.41) is 12.6. The van der Waals surface area contributed by atoms with E-state index in [2.05, 4.69) is 12.2 Å². The van der Waals surface area contributed by atoms with Crippen molar-refractivity contribution in [1.82, 2.24) is 10.2 Å². The minimum Gasteiger partial charge on any atom is -0.444 e. The Morgan fingerprint density at radius 3 is 2.65 bits per heavy atom. The second kappa shape index (κ2) is 5.69. The van der Waals surface area contributed by atoms with Gasteiger partial charge >= 0.3 is 6.09 Å². The van der Waals surface area contributed by atoms with Crippen LogP contribution in [-0.4, -0.2) is 53.5 Å². The van der Waals surface area contributed by atoms with Gasteiger partial charge in [-0.25, -0.2) is 4.79 Å². The lowest BCUT2D eigenvalue weighted by atomic mass is 10.1. The number of aliphatic hydroxyl groups is 1. The summed E-state index contributed by atoms with van der Waals surface area (Å²) in [7, 11) is 0. The molecule has 5 nitrogen and oxygen atoms in total. The van der Waals surface area contributed by atoms with Gasteiger partial charge in [0.05, 0.1) is 12.6 Å². The Kier molecular flexibility index (Phi) is 4.77. The molecule has 0 aromatic rings. The highest BCUT2D eigenvalue weighted by Crippen LogP contribution is 2.15. The van der Waals surface area contributed by atoms with Crippen LogP contribution < -0.4 is 5.32 Å². The van der Waals surface area contributed by atoms with Crippen molar-refractivity contribution in [3.8, 4) is 0 Å².